The van der Waals surface area contributed by atoms with Gasteiger partial charge in [-0.05, 0) is 47.2 Å². The van der Waals surface area contributed by atoms with Crippen LogP contribution in [-0.4, -0.2) is 21.5 Å². The lowest BCUT2D eigenvalue weighted by Crippen LogP contribution is -1.94. The van der Waals surface area contributed by atoms with Crippen LogP contribution >= 0.6 is 35.1 Å². The van der Waals surface area contributed by atoms with Crippen molar-refractivity contribution in [1.29, 1.82) is 0 Å². The number of methoxy groups -OCH3 is 1. The van der Waals surface area contributed by atoms with E-state index in [0.29, 0.717) is 20.7 Å². The fraction of sp³-hybridized carbons (Fsp3) is 0.111. The van der Waals surface area contributed by atoms with E-state index < -0.39 is 4.92 Å². The van der Waals surface area contributed by atoms with Gasteiger partial charge in [0.05, 0.1) is 12.0 Å². The fourth-order valence-corrected chi connectivity index (χ4v) is 4.20. The summed E-state index contributed by atoms with van der Waals surface area (Å²) >= 11 is 8.38. The third kappa shape index (κ3) is 4.91. The Kier molecular flexibility index (Phi) is 6.20. The Morgan fingerprint density at radius 1 is 1.30 bits per heavy atom. The van der Waals surface area contributed by atoms with Gasteiger partial charge in [-0.2, -0.15) is 0 Å². The third-order valence-electron chi connectivity index (χ3n) is 3.58. The lowest BCUT2D eigenvalue weighted by molar-refractivity contribution is -0.385. The SMILES string of the molecule is COc1ccc(C=C2N=C(SCc3ccc(Cl)cc3)SC2=O)cc1[N+](=O)[O-]. The topological polar surface area (TPSA) is 81.8 Å². The minimum atomic E-state index is -0.525. The molecule has 0 aromatic heterocycles. The summed E-state index contributed by atoms with van der Waals surface area (Å²) in [4.78, 5) is 27.1. The Hall–Kier alpha value is -2.29. The van der Waals surface area contributed by atoms with Crippen LogP contribution in [0.3, 0.4) is 0 Å². The zero-order chi connectivity index (χ0) is 19.4. The molecule has 1 aliphatic heterocycles. The molecule has 27 heavy (non-hydrogen) atoms. The molecule has 0 radical (unpaired) electrons. The van der Waals surface area contributed by atoms with Crippen molar-refractivity contribution in [2.75, 3.05) is 7.11 Å². The van der Waals surface area contributed by atoms with Gasteiger partial charge < -0.3 is 4.74 Å². The highest BCUT2D eigenvalue weighted by Gasteiger charge is 2.23. The number of aliphatic imine (C=N–C) groups is 1. The molecule has 0 atom stereocenters. The summed E-state index contributed by atoms with van der Waals surface area (Å²) in [5.41, 5.74) is 1.69. The smallest absolute Gasteiger partial charge is 0.311 e. The molecule has 1 aliphatic rings. The van der Waals surface area contributed by atoms with Gasteiger partial charge in [-0.3, -0.25) is 14.9 Å². The van der Waals surface area contributed by atoms with Gasteiger partial charge in [0.2, 0.25) is 5.12 Å². The summed E-state index contributed by atoms with van der Waals surface area (Å²) in [6.45, 7) is 0. The second-order valence-electron chi connectivity index (χ2n) is 5.40. The maximum Gasteiger partial charge on any atom is 0.311 e. The van der Waals surface area contributed by atoms with E-state index in [9.17, 15) is 14.9 Å². The first-order valence-electron chi connectivity index (χ1n) is 7.68. The van der Waals surface area contributed by atoms with Crippen LogP contribution in [0.4, 0.5) is 5.69 Å². The molecule has 6 nitrogen and oxygen atoms in total. The lowest BCUT2D eigenvalue weighted by atomic mass is 10.1. The predicted molar refractivity (Wildman–Crippen MR) is 110 cm³/mol. The third-order valence-corrected chi connectivity index (χ3v) is 5.91. The Balaban J connectivity index is 1.76. The number of nitrogens with zero attached hydrogens (tertiary/aromatic N) is 2. The molecular weight excluding hydrogens is 408 g/mol. The van der Waals surface area contributed by atoms with Crippen LogP contribution in [-0.2, 0) is 10.5 Å². The molecule has 0 saturated carbocycles. The van der Waals surface area contributed by atoms with Crippen molar-refractivity contribution in [3.8, 4) is 5.75 Å². The number of rotatable bonds is 5. The van der Waals surface area contributed by atoms with Gasteiger partial charge in [0.1, 0.15) is 10.1 Å². The average molecular weight is 421 g/mol. The minimum Gasteiger partial charge on any atom is -0.490 e. The van der Waals surface area contributed by atoms with Crippen molar-refractivity contribution in [3.05, 3.63) is 74.4 Å². The quantitative estimate of drug-likeness (QED) is 0.377. The second-order valence-corrected chi connectivity index (χ2v) is 8.02. The molecule has 2 aromatic carbocycles. The number of benzene rings is 2. The van der Waals surface area contributed by atoms with E-state index >= 15 is 0 Å². The van der Waals surface area contributed by atoms with Crippen molar-refractivity contribution >= 4 is 56.4 Å². The maximum atomic E-state index is 12.2. The van der Waals surface area contributed by atoms with Gasteiger partial charge in [0, 0.05) is 16.8 Å². The van der Waals surface area contributed by atoms with Crippen LogP contribution in [0.25, 0.3) is 6.08 Å². The van der Waals surface area contributed by atoms with E-state index in [1.807, 2.05) is 24.3 Å². The van der Waals surface area contributed by atoms with E-state index in [1.165, 1.54) is 37.1 Å². The van der Waals surface area contributed by atoms with Crippen LogP contribution in [0.2, 0.25) is 5.02 Å². The second kappa shape index (κ2) is 8.60. The van der Waals surface area contributed by atoms with Crippen molar-refractivity contribution < 1.29 is 14.5 Å². The molecular formula is C18H13ClN2O4S2. The van der Waals surface area contributed by atoms with Crippen LogP contribution in [0, 0.1) is 10.1 Å². The van der Waals surface area contributed by atoms with E-state index in [1.54, 1.807) is 6.07 Å². The molecule has 0 fully saturated rings. The van der Waals surface area contributed by atoms with Gasteiger partial charge >= 0.3 is 5.69 Å². The number of hydrogen-bond donors (Lipinski definition) is 0. The highest BCUT2D eigenvalue weighted by atomic mass is 35.5. The van der Waals surface area contributed by atoms with Crippen LogP contribution in [0.5, 0.6) is 5.75 Å². The lowest BCUT2D eigenvalue weighted by Gasteiger charge is -2.02. The van der Waals surface area contributed by atoms with E-state index in [0.717, 1.165) is 17.3 Å². The zero-order valence-corrected chi connectivity index (χ0v) is 16.4. The van der Waals surface area contributed by atoms with Crippen molar-refractivity contribution in [1.82, 2.24) is 0 Å². The molecule has 1 heterocycles. The number of nitro groups is 1. The van der Waals surface area contributed by atoms with Gasteiger partial charge in [0.25, 0.3) is 0 Å². The molecule has 0 aliphatic carbocycles. The molecule has 0 N–H and O–H groups in total. The molecule has 0 saturated heterocycles. The molecule has 3 rings (SSSR count). The van der Waals surface area contributed by atoms with Crippen LogP contribution in [0.1, 0.15) is 11.1 Å². The fourth-order valence-electron chi connectivity index (χ4n) is 2.27. The van der Waals surface area contributed by atoms with Crippen LogP contribution in [0.15, 0.2) is 53.2 Å². The Morgan fingerprint density at radius 2 is 2.04 bits per heavy atom. The van der Waals surface area contributed by atoms with E-state index in [2.05, 4.69) is 4.99 Å². The van der Waals surface area contributed by atoms with Crippen LogP contribution < -0.4 is 4.74 Å². The van der Waals surface area contributed by atoms with Gasteiger partial charge in [-0.15, -0.1) is 0 Å². The summed E-state index contributed by atoms with van der Waals surface area (Å²) in [6.07, 6.45) is 1.54. The predicted octanol–water partition coefficient (Wildman–Crippen LogP) is 5.16. The highest BCUT2D eigenvalue weighted by molar-refractivity contribution is 8.45. The number of hydrogen-bond acceptors (Lipinski definition) is 7. The number of ether oxygens (including phenoxy) is 1. The highest BCUT2D eigenvalue weighted by Crippen LogP contribution is 2.34. The molecule has 0 amide bonds. The van der Waals surface area contributed by atoms with Gasteiger partial charge in [-0.1, -0.05) is 41.6 Å². The molecule has 0 spiro atoms. The number of nitro benzene ring substituents is 1. The zero-order valence-electron chi connectivity index (χ0n) is 14.0. The van der Waals surface area contributed by atoms with Crippen molar-refractivity contribution in [3.63, 3.8) is 0 Å². The first kappa shape index (κ1) is 19.5. The van der Waals surface area contributed by atoms with Gasteiger partial charge in [0.15, 0.2) is 5.75 Å². The summed E-state index contributed by atoms with van der Waals surface area (Å²) in [6, 6.07) is 12.0. The molecule has 138 valence electrons. The minimum absolute atomic E-state index is 0.161. The monoisotopic (exact) mass is 420 g/mol. The number of carbonyl (C=O) groups is 1. The molecule has 9 heteroatoms. The first-order chi connectivity index (χ1) is 13.0. The van der Waals surface area contributed by atoms with Gasteiger partial charge in [-0.25, -0.2) is 4.99 Å². The number of carbonyl (C=O) groups excluding carboxylic acids is 1. The maximum absolute atomic E-state index is 12.2. The van der Waals surface area contributed by atoms with E-state index in [-0.39, 0.29) is 22.2 Å². The standard InChI is InChI=1S/C18H13ClN2O4S2/c1-25-16-7-4-12(9-15(16)21(23)24)8-14-17(22)27-18(20-14)26-10-11-2-5-13(19)6-3-11/h2-9H,10H2,1H3. The number of halogens is 1. The van der Waals surface area contributed by atoms with Crippen molar-refractivity contribution in [2.24, 2.45) is 4.99 Å². The Bertz CT molecular complexity index is 958. The molecule has 2 aromatic rings. The summed E-state index contributed by atoms with van der Waals surface area (Å²) in [5.74, 6) is 0.828. The summed E-state index contributed by atoms with van der Waals surface area (Å²) < 4.78 is 5.62. The molecule has 0 bridgehead atoms. The molecule has 0 unspecified atom stereocenters. The normalized spacial score (nSPS) is 15.1. The Morgan fingerprint density at radius 3 is 2.70 bits per heavy atom. The average Bonchev–Trinajstić information content (AvgIpc) is 3.00. The number of thioether (sulfide) groups is 2. The largest absolute Gasteiger partial charge is 0.490 e. The first-order valence-corrected chi connectivity index (χ1v) is 9.86. The van der Waals surface area contributed by atoms with E-state index in [4.69, 9.17) is 16.3 Å². The Labute approximate surface area is 168 Å². The summed E-state index contributed by atoms with van der Waals surface area (Å²) in [5, 5.41) is 11.6. The summed E-state index contributed by atoms with van der Waals surface area (Å²) in [7, 11) is 1.37. The van der Waals surface area contributed by atoms with Crippen molar-refractivity contribution in [2.45, 2.75) is 5.75 Å².